The average molecular weight is 378 g/mol. The molecular weight excluding hydrogens is 352 g/mol. The highest BCUT2D eigenvalue weighted by Gasteiger charge is 2.10. The second-order valence-electron chi connectivity index (χ2n) is 6.57. The third-order valence-corrected chi connectivity index (χ3v) is 4.45. The van der Waals surface area contributed by atoms with Crippen molar-refractivity contribution in [3.63, 3.8) is 0 Å². The van der Waals surface area contributed by atoms with Gasteiger partial charge in [0.1, 0.15) is 24.0 Å². The molecule has 0 aliphatic rings. The van der Waals surface area contributed by atoms with Crippen molar-refractivity contribution in [1.82, 2.24) is 10.2 Å². The van der Waals surface area contributed by atoms with Gasteiger partial charge in [0.05, 0.1) is 0 Å². The van der Waals surface area contributed by atoms with E-state index in [1.807, 2.05) is 66.7 Å². The van der Waals surface area contributed by atoms with Crippen molar-refractivity contribution in [3.05, 3.63) is 90.0 Å². The molecule has 3 aromatic carbocycles. The van der Waals surface area contributed by atoms with E-state index in [9.17, 15) is 10.2 Å². The number of nitrogens with one attached hydrogen (secondary N) is 1. The summed E-state index contributed by atoms with van der Waals surface area (Å²) in [6.07, 6.45) is 0. The first-order valence-electron chi connectivity index (χ1n) is 9.37. The summed E-state index contributed by atoms with van der Waals surface area (Å²) in [5.74, 6) is 1.40. The van der Waals surface area contributed by atoms with Gasteiger partial charge in [-0.15, -0.1) is 0 Å². The molecule has 0 fully saturated rings. The predicted molar refractivity (Wildman–Crippen MR) is 110 cm³/mol. The van der Waals surface area contributed by atoms with E-state index in [1.165, 1.54) is 0 Å². The number of benzene rings is 3. The Bertz CT molecular complexity index is 855. The number of nitrogens with zero attached hydrogens (tertiary/aromatic N) is 1. The molecule has 3 N–H and O–H groups in total. The lowest BCUT2D eigenvalue weighted by Crippen LogP contribution is -2.34. The molecule has 0 atom stereocenters. The van der Waals surface area contributed by atoms with Crippen molar-refractivity contribution in [3.8, 4) is 17.2 Å². The van der Waals surface area contributed by atoms with Crippen LogP contribution in [0.4, 0.5) is 0 Å². The highest BCUT2D eigenvalue weighted by molar-refractivity contribution is 5.32. The number of phenolic OH excluding ortho intramolecular Hbond substituents is 2. The zero-order valence-electron chi connectivity index (χ0n) is 15.8. The van der Waals surface area contributed by atoms with Crippen LogP contribution >= 0.6 is 0 Å². The quantitative estimate of drug-likeness (QED) is 0.371. The molecule has 0 bridgehead atoms. The van der Waals surface area contributed by atoms with E-state index < -0.39 is 0 Å². The molecule has 0 saturated carbocycles. The number of ether oxygens (including phenoxy) is 1. The van der Waals surface area contributed by atoms with E-state index in [1.54, 1.807) is 12.1 Å². The van der Waals surface area contributed by atoms with Gasteiger partial charge in [0, 0.05) is 37.3 Å². The molecule has 0 heterocycles. The first-order chi connectivity index (χ1) is 13.7. The van der Waals surface area contributed by atoms with Crippen LogP contribution in [-0.4, -0.2) is 34.9 Å². The van der Waals surface area contributed by atoms with Gasteiger partial charge in [-0.25, -0.2) is 0 Å². The summed E-state index contributed by atoms with van der Waals surface area (Å²) in [5.41, 5.74) is 1.73. The first-order valence-corrected chi connectivity index (χ1v) is 9.37. The van der Waals surface area contributed by atoms with Gasteiger partial charge in [-0.2, -0.15) is 0 Å². The highest BCUT2D eigenvalue weighted by atomic mass is 16.5. The minimum Gasteiger partial charge on any atom is -0.508 e. The van der Waals surface area contributed by atoms with Crippen LogP contribution < -0.4 is 10.1 Å². The van der Waals surface area contributed by atoms with Gasteiger partial charge in [0.15, 0.2) is 0 Å². The van der Waals surface area contributed by atoms with Gasteiger partial charge in [0.25, 0.3) is 0 Å². The molecule has 0 radical (unpaired) electrons. The number of aromatic hydroxyl groups is 2. The molecule has 0 aliphatic carbocycles. The summed E-state index contributed by atoms with van der Waals surface area (Å²) in [6, 6.07) is 24.4. The predicted octanol–water partition coefficient (Wildman–Crippen LogP) is 3.73. The third kappa shape index (κ3) is 6.01. The van der Waals surface area contributed by atoms with Crippen LogP contribution in [0, 0.1) is 0 Å². The fourth-order valence-electron chi connectivity index (χ4n) is 2.88. The maximum Gasteiger partial charge on any atom is 0.142 e. The van der Waals surface area contributed by atoms with Crippen molar-refractivity contribution in [2.24, 2.45) is 0 Å². The number of hydrogen-bond acceptors (Lipinski definition) is 5. The maximum atomic E-state index is 10.1. The van der Waals surface area contributed by atoms with E-state index in [0.717, 1.165) is 30.0 Å². The monoisotopic (exact) mass is 378 g/mol. The average Bonchev–Trinajstić information content (AvgIpc) is 2.72. The molecule has 0 spiro atoms. The zero-order chi connectivity index (χ0) is 19.6. The Hall–Kier alpha value is -3.02. The van der Waals surface area contributed by atoms with Crippen LogP contribution in [0.5, 0.6) is 17.2 Å². The minimum absolute atomic E-state index is 0.286. The van der Waals surface area contributed by atoms with Gasteiger partial charge < -0.3 is 20.3 Å². The van der Waals surface area contributed by atoms with E-state index in [-0.39, 0.29) is 5.75 Å². The highest BCUT2D eigenvalue weighted by Crippen LogP contribution is 2.18. The van der Waals surface area contributed by atoms with E-state index in [4.69, 9.17) is 4.74 Å². The summed E-state index contributed by atoms with van der Waals surface area (Å²) < 4.78 is 5.89. The lowest BCUT2D eigenvalue weighted by Gasteiger charge is -2.23. The summed E-state index contributed by atoms with van der Waals surface area (Å²) in [4.78, 5) is 2.12. The zero-order valence-corrected chi connectivity index (χ0v) is 15.8. The SMILES string of the molecule is Oc1ccccc1CNCCN(COc1ccccc1)Cc1ccccc1O. The van der Waals surface area contributed by atoms with Gasteiger partial charge in [-0.05, 0) is 24.3 Å². The van der Waals surface area contributed by atoms with E-state index in [2.05, 4.69) is 10.2 Å². The lowest BCUT2D eigenvalue weighted by atomic mass is 10.2. The fourth-order valence-corrected chi connectivity index (χ4v) is 2.88. The minimum atomic E-state index is 0.286. The third-order valence-electron chi connectivity index (χ3n) is 4.45. The van der Waals surface area contributed by atoms with Crippen molar-refractivity contribution in [1.29, 1.82) is 0 Å². The van der Waals surface area contributed by atoms with Crippen LogP contribution in [-0.2, 0) is 13.1 Å². The first kappa shape index (κ1) is 19.7. The summed E-state index contributed by atoms with van der Waals surface area (Å²) in [6.45, 7) is 3.04. The van der Waals surface area contributed by atoms with Crippen molar-refractivity contribution < 1.29 is 14.9 Å². The topological polar surface area (TPSA) is 65.0 Å². The van der Waals surface area contributed by atoms with Gasteiger partial charge in [-0.3, -0.25) is 4.90 Å². The molecule has 0 amide bonds. The molecule has 5 nitrogen and oxygen atoms in total. The second-order valence-corrected chi connectivity index (χ2v) is 6.57. The number of para-hydroxylation sites is 3. The Labute approximate surface area is 165 Å². The molecular formula is C23H26N2O3. The molecule has 0 aromatic heterocycles. The fraction of sp³-hybridized carbons (Fsp3) is 0.217. The van der Waals surface area contributed by atoms with Crippen molar-refractivity contribution in [2.45, 2.75) is 13.1 Å². The molecule has 3 aromatic rings. The molecule has 28 heavy (non-hydrogen) atoms. The Balaban J connectivity index is 1.55. The van der Waals surface area contributed by atoms with Crippen LogP contribution in [0.15, 0.2) is 78.9 Å². The summed E-state index contributed by atoms with van der Waals surface area (Å²) >= 11 is 0. The number of hydrogen-bond donors (Lipinski definition) is 3. The smallest absolute Gasteiger partial charge is 0.142 e. The molecule has 3 rings (SSSR count). The van der Waals surface area contributed by atoms with Gasteiger partial charge in [-0.1, -0.05) is 54.6 Å². The summed E-state index contributed by atoms with van der Waals surface area (Å²) in [7, 11) is 0. The molecule has 146 valence electrons. The standard InChI is InChI=1S/C23H26N2O3/c26-22-12-6-4-8-19(22)16-24-14-15-25(17-20-9-5-7-13-23(20)27)18-28-21-10-2-1-3-11-21/h1-13,24,26-27H,14-18H2. The lowest BCUT2D eigenvalue weighted by molar-refractivity contribution is 0.119. The Morgan fingerprint density at radius 2 is 1.36 bits per heavy atom. The Kier molecular flexibility index (Phi) is 7.29. The summed E-state index contributed by atoms with van der Waals surface area (Å²) in [5, 5.41) is 23.3. The second kappa shape index (κ2) is 10.3. The molecule has 0 unspecified atom stereocenters. The van der Waals surface area contributed by atoms with Crippen molar-refractivity contribution in [2.75, 3.05) is 19.8 Å². The van der Waals surface area contributed by atoms with E-state index in [0.29, 0.717) is 25.6 Å². The molecule has 0 saturated heterocycles. The van der Waals surface area contributed by atoms with Gasteiger partial charge in [0.2, 0.25) is 0 Å². The Morgan fingerprint density at radius 3 is 2.04 bits per heavy atom. The van der Waals surface area contributed by atoms with Crippen LogP contribution in [0.25, 0.3) is 0 Å². The van der Waals surface area contributed by atoms with E-state index >= 15 is 0 Å². The normalized spacial score (nSPS) is 10.9. The van der Waals surface area contributed by atoms with Gasteiger partial charge >= 0.3 is 0 Å². The number of rotatable bonds is 10. The van der Waals surface area contributed by atoms with Crippen LogP contribution in [0.1, 0.15) is 11.1 Å². The Morgan fingerprint density at radius 1 is 0.750 bits per heavy atom. The molecule has 5 heteroatoms. The maximum absolute atomic E-state index is 10.1. The van der Waals surface area contributed by atoms with Crippen LogP contribution in [0.2, 0.25) is 0 Å². The largest absolute Gasteiger partial charge is 0.508 e. The molecule has 0 aliphatic heterocycles. The van der Waals surface area contributed by atoms with Crippen molar-refractivity contribution >= 4 is 0 Å². The van der Waals surface area contributed by atoms with Crippen LogP contribution in [0.3, 0.4) is 0 Å². The number of phenols is 2.